The van der Waals surface area contributed by atoms with E-state index < -0.39 is 11.4 Å². The molecule has 118 valence electrons. The Kier molecular flexibility index (Phi) is 5.12. The van der Waals surface area contributed by atoms with Crippen LogP contribution in [0.5, 0.6) is 5.75 Å². The van der Waals surface area contributed by atoms with Gasteiger partial charge in [0.25, 0.3) is 0 Å². The smallest absolute Gasteiger partial charge is 0.171 e. The predicted octanol–water partition coefficient (Wildman–Crippen LogP) is 3.47. The Bertz CT molecular complexity index is 507. The van der Waals surface area contributed by atoms with Crippen molar-refractivity contribution in [2.24, 2.45) is 5.92 Å². The first-order chi connectivity index (χ1) is 9.89. The Labute approximate surface area is 130 Å². The van der Waals surface area contributed by atoms with Gasteiger partial charge >= 0.3 is 0 Å². The lowest BCUT2D eigenvalue weighted by Crippen LogP contribution is -2.49. The summed E-state index contributed by atoms with van der Waals surface area (Å²) in [6, 6.07) is 3.20. The predicted molar refractivity (Wildman–Crippen MR) is 82.3 cm³/mol. The molecule has 0 spiro atoms. The van der Waals surface area contributed by atoms with Crippen molar-refractivity contribution < 1.29 is 14.2 Å². The third-order valence-corrected chi connectivity index (χ3v) is 4.89. The highest BCUT2D eigenvalue weighted by atomic mass is 35.5. The van der Waals surface area contributed by atoms with Gasteiger partial charge in [0.15, 0.2) is 11.6 Å². The fourth-order valence-corrected chi connectivity index (χ4v) is 3.21. The maximum absolute atomic E-state index is 14.3. The van der Waals surface area contributed by atoms with Gasteiger partial charge in [-0.15, -0.1) is 0 Å². The van der Waals surface area contributed by atoms with Crippen LogP contribution in [0.4, 0.5) is 4.39 Å². The summed E-state index contributed by atoms with van der Waals surface area (Å²) in [4.78, 5) is 2.15. The summed E-state index contributed by atoms with van der Waals surface area (Å²) in [5.41, 5.74) is -0.172. The summed E-state index contributed by atoms with van der Waals surface area (Å²) in [6.07, 6.45) is 1.59. The van der Waals surface area contributed by atoms with Crippen LogP contribution in [-0.2, 0) is 6.54 Å². The molecule has 1 N–H and O–H groups in total. The second-order valence-corrected chi connectivity index (χ2v) is 6.40. The number of aliphatic hydroxyl groups is 1. The molecule has 2 atom stereocenters. The highest BCUT2D eigenvalue weighted by Gasteiger charge is 2.36. The molecule has 3 nitrogen and oxygen atoms in total. The summed E-state index contributed by atoms with van der Waals surface area (Å²) >= 11 is 6.13. The SMILES string of the molecule is CC[C@H]1CN(Cc2c(Cl)ccc(OC)c2F)CC[C@@]1(C)O. The number of ether oxygens (including phenoxy) is 1. The molecule has 0 bridgehead atoms. The summed E-state index contributed by atoms with van der Waals surface area (Å²) in [5.74, 6) is 0.0134. The standard InChI is InChI=1S/C16H23ClFNO2/c1-4-11-9-19(8-7-16(11,2)20)10-12-13(17)5-6-14(21-3)15(12)18/h5-6,11,20H,4,7-10H2,1-3H3/t11-,16+/m0/s1. The first-order valence-electron chi connectivity index (χ1n) is 7.34. The normalized spacial score (nSPS) is 26.9. The van der Waals surface area contributed by atoms with Crippen molar-refractivity contribution in [2.45, 2.75) is 38.8 Å². The molecule has 1 saturated heterocycles. The molecule has 0 radical (unpaired) electrons. The zero-order chi connectivity index (χ0) is 15.6. The second-order valence-electron chi connectivity index (χ2n) is 5.99. The molecular weight excluding hydrogens is 293 g/mol. The second kappa shape index (κ2) is 6.51. The molecule has 21 heavy (non-hydrogen) atoms. The van der Waals surface area contributed by atoms with Gasteiger partial charge in [-0.3, -0.25) is 4.90 Å². The molecule has 5 heteroatoms. The van der Waals surface area contributed by atoms with Crippen molar-refractivity contribution in [2.75, 3.05) is 20.2 Å². The van der Waals surface area contributed by atoms with Gasteiger partial charge in [-0.1, -0.05) is 18.5 Å². The lowest BCUT2D eigenvalue weighted by Gasteiger charge is -2.42. The van der Waals surface area contributed by atoms with Crippen molar-refractivity contribution >= 4 is 11.6 Å². The number of nitrogens with zero attached hydrogens (tertiary/aromatic N) is 1. The van der Waals surface area contributed by atoms with Gasteiger partial charge in [-0.25, -0.2) is 4.39 Å². The highest BCUT2D eigenvalue weighted by Crippen LogP contribution is 2.33. The summed E-state index contributed by atoms with van der Waals surface area (Å²) < 4.78 is 19.3. The van der Waals surface area contributed by atoms with Crippen LogP contribution in [0.3, 0.4) is 0 Å². The van der Waals surface area contributed by atoms with Crippen molar-refractivity contribution in [1.29, 1.82) is 0 Å². The van der Waals surface area contributed by atoms with Crippen LogP contribution >= 0.6 is 11.6 Å². The molecule has 0 unspecified atom stereocenters. The zero-order valence-corrected chi connectivity index (χ0v) is 13.6. The minimum atomic E-state index is -0.637. The van der Waals surface area contributed by atoms with Crippen LogP contribution in [-0.4, -0.2) is 35.8 Å². The fourth-order valence-electron chi connectivity index (χ4n) is 3.00. The monoisotopic (exact) mass is 315 g/mol. The van der Waals surface area contributed by atoms with E-state index in [1.165, 1.54) is 13.2 Å². The van der Waals surface area contributed by atoms with Crippen molar-refractivity contribution in [3.63, 3.8) is 0 Å². The number of halogens is 2. The zero-order valence-electron chi connectivity index (χ0n) is 12.8. The molecule has 0 amide bonds. The molecule has 0 aliphatic carbocycles. The molecule has 2 rings (SSSR count). The minimum absolute atomic E-state index is 0.193. The average Bonchev–Trinajstić information content (AvgIpc) is 2.45. The van der Waals surface area contributed by atoms with Crippen molar-refractivity contribution in [1.82, 2.24) is 4.90 Å². The van der Waals surface area contributed by atoms with E-state index in [0.29, 0.717) is 23.6 Å². The lowest BCUT2D eigenvalue weighted by atomic mass is 9.81. The third kappa shape index (κ3) is 3.50. The first kappa shape index (κ1) is 16.5. The van der Waals surface area contributed by atoms with E-state index in [2.05, 4.69) is 11.8 Å². The number of piperidine rings is 1. The number of likely N-dealkylation sites (tertiary alicyclic amines) is 1. The van der Waals surface area contributed by atoms with Gasteiger partial charge in [0, 0.05) is 30.2 Å². The number of methoxy groups -OCH3 is 1. The minimum Gasteiger partial charge on any atom is -0.494 e. The van der Waals surface area contributed by atoms with E-state index in [-0.39, 0.29) is 11.7 Å². The van der Waals surface area contributed by atoms with Crippen LogP contribution in [0.25, 0.3) is 0 Å². The number of hydrogen-bond donors (Lipinski definition) is 1. The maximum atomic E-state index is 14.3. The van der Waals surface area contributed by atoms with Crippen molar-refractivity contribution in [3.8, 4) is 5.75 Å². The molecule has 1 fully saturated rings. The van der Waals surface area contributed by atoms with Gasteiger partial charge in [0.2, 0.25) is 0 Å². The summed E-state index contributed by atoms with van der Waals surface area (Å²) in [5, 5.41) is 10.8. The Morgan fingerprint density at radius 2 is 2.24 bits per heavy atom. The largest absolute Gasteiger partial charge is 0.494 e. The maximum Gasteiger partial charge on any atom is 0.171 e. The molecule has 1 aromatic carbocycles. The van der Waals surface area contributed by atoms with Crippen LogP contribution in [0.1, 0.15) is 32.3 Å². The number of benzene rings is 1. The lowest BCUT2D eigenvalue weighted by molar-refractivity contribution is -0.0609. The summed E-state index contributed by atoms with van der Waals surface area (Å²) in [7, 11) is 1.45. The molecular formula is C16H23ClFNO2. The molecule has 1 aromatic rings. The van der Waals surface area contributed by atoms with E-state index in [1.807, 2.05) is 6.92 Å². The Balaban J connectivity index is 2.16. The quantitative estimate of drug-likeness (QED) is 0.923. The topological polar surface area (TPSA) is 32.7 Å². The van der Waals surface area contributed by atoms with Gasteiger partial charge < -0.3 is 9.84 Å². The Morgan fingerprint density at radius 1 is 1.52 bits per heavy atom. The fraction of sp³-hybridized carbons (Fsp3) is 0.625. The van der Waals surface area contributed by atoms with Crippen molar-refractivity contribution in [3.05, 3.63) is 28.5 Å². The van der Waals surface area contributed by atoms with Gasteiger partial charge in [-0.2, -0.15) is 0 Å². The van der Waals surface area contributed by atoms with E-state index in [4.69, 9.17) is 16.3 Å². The first-order valence-corrected chi connectivity index (χ1v) is 7.72. The average molecular weight is 316 g/mol. The van der Waals surface area contributed by atoms with Crippen LogP contribution in [0.15, 0.2) is 12.1 Å². The highest BCUT2D eigenvalue weighted by molar-refractivity contribution is 6.31. The van der Waals surface area contributed by atoms with Crippen LogP contribution < -0.4 is 4.74 Å². The van der Waals surface area contributed by atoms with Crippen LogP contribution in [0.2, 0.25) is 5.02 Å². The molecule has 0 aromatic heterocycles. The van der Waals surface area contributed by atoms with Gasteiger partial charge in [-0.05, 0) is 37.8 Å². The van der Waals surface area contributed by atoms with Gasteiger partial charge in [0.05, 0.1) is 12.7 Å². The Hall–Kier alpha value is -0.840. The molecule has 1 heterocycles. The Morgan fingerprint density at radius 3 is 2.86 bits per heavy atom. The van der Waals surface area contributed by atoms with E-state index in [9.17, 15) is 9.50 Å². The number of hydrogen-bond acceptors (Lipinski definition) is 3. The van der Waals surface area contributed by atoms with E-state index in [1.54, 1.807) is 6.07 Å². The number of rotatable bonds is 4. The van der Waals surface area contributed by atoms with Crippen LogP contribution in [0, 0.1) is 11.7 Å². The van der Waals surface area contributed by atoms with E-state index in [0.717, 1.165) is 19.5 Å². The van der Waals surface area contributed by atoms with E-state index >= 15 is 0 Å². The molecule has 1 aliphatic rings. The molecule has 0 saturated carbocycles. The molecule has 1 aliphatic heterocycles. The third-order valence-electron chi connectivity index (χ3n) is 4.54. The summed E-state index contributed by atoms with van der Waals surface area (Å²) in [6.45, 7) is 5.88. The van der Waals surface area contributed by atoms with Gasteiger partial charge in [0.1, 0.15) is 0 Å².